The van der Waals surface area contributed by atoms with Crippen LogP contribution in [0, 0.1) is 0 Å². The standard InChI is InChI=1S/C10H17N/c1-3-5-6-7-8-9-10-11-4-2/h3-5,8-9,11H,2,6-7,10H2,1H3/b5-3-,9-8+. The molecule has 1 N–H and O–H groups in total. The van der Waals surface area contributed by atoms with Gasteiger partial charge in [-0.25, -0.2) is 0 Å². The molecule has 0 bridgehead atoms. The number of nitrogens with one attached hydrogen (secondary N) is 1. The highest BCUT2D eigenvalue weighted by atomic mass is 14.8. The van der Waals surface area contributed by atoms with Crippen LogP contribution in [0.25, 0.3) is 0 Å². The van der Waals surface area contributed by atoms with E-state index < -0.39 is 0 Å². The molecule has 11 heavy (non-hydrogen) atoms. The average Bonchev–Trinajstić information content (AvgIpc) is 2.03. The summed E-state index contributed by atoms with van der Waals surface area (Å²) in [5.74, 6) is 0. The van der Waals surface area contributed by atoms with Crippen LogP contribution in [0.4, 0.5) is 0 Å². The summed E-state index contributed by atoms with van der Waals surface area (Å²) in [6.07, 6.45) is 12.5. The van der Waals surface area contributed by atoms with Crippen LogP contribution in [0.2, 0.25) is 0 Å². The van der Waals surface area contributed by atoms with Gasteiger partial charge in [0.05, 0.1) is 0 Å². The van der Waals surface area contributed by atoms with Gasteiger partial charge in [0.1, 0.15) is 0 Å². The van der Waals surface area contributed by atoms with Crippen LogP contribution in [-0.4, -0.2) is 6.54 Å². The molecule has 0 spiro atoms. The third-order valence-electron chi connectivity index (χ3n) is 1.28. The number of hydrogen-bond acceptors (Lipinski definition) is 1. The molecular weight excluding hydrogens is 134 g/mol. The minimum Gasteiger partial charge on any atom is -0.388 e. The normalized spacial score (nSPS) is 11.0. The van der Waals surface area contributed by atoms with Gasteiger partial charge in [-0.1, -0.05) is 30.9 Å². The fourth-order valence-corrected chi connectivity index (χ4v) is 0.712. The van der Waals surface area contributed by atoms with Gasteiger partial charge < -0.3 is 5.32 Å². The number of allylic oxidation sites excluding steroid dienone is 3. The van der Waals surface area contributed by atoms with Gasteiger partial charge in [0.15, 0.2) is 0 Å². The molecule has 62 valence electrons. The van der Waals surface area contributed by atoms with Crippen molar-refractivity contribution in [1.82, 2.24) is 5.32 Å². The zero-order valence-electron chi connectivity index (χ0n) is 7.22. The Balaban J connectivity index is 3.09. The first-order valence-corrected chi connectivity index (χ1v) is 4.02. The van der Waals surface area contributed by atoms with Crippen molar-refractivity contribution in [2.24, 2.45) is 0 Å². The molecular formula is C10H17N. The zero-order chi connectivity index (χ0) is 8.36. The first kappa shape index (κ1) is 10.0. The van der Waals surface area contributed by atoms with E-state index in [1.54, 1.807) is 6.20 Å². The van der Waals surface area contributed by atoms with Crippen molar-refractivity contribution in [3.8, 4) is 0 Å². The molecule has 0 saturated heterocycles. The molecule has 0 aliphatic carbocycles. The van der Waals surface area contributed by atoms with E-state index in [0.29, 0.717) is 0 Å². The Labute approximate surface area is 69.5 Å². The minimum absolute atomic E-state index is 0.888. The highest BCUT2D eigenvalue weighted by molar-refractivity contribution is 4.88. The van der Waals surface area contributed by atoms with Gasteiger partial charge >= 0.3 is 0 Å². The topological polar surface area (TPSA) is 12.0 Å². The molecule has 0 aromatic rings. The Hall–Kier alpha value is -0.980. The highest BCUT2D eigenvalue weighted by Gasteiger charge is 1.74. The fraction of sp³-hybridized carbons (Fsp3) is 0.400. The van der Waals surface area contributed by atoms with Gasteiger partial charge in [-0.15, -0.1) is 0 Å². The summed E-state index contributed by atoms with van der Waals surface area (Å²) >= 11 is 0. The molecule has 0 aromatic carbocycles. The van der Waals surface area contributed by atoms with E-state index in [0.717, 1.165) is 19.4 Å². The Morgan fingerprint density at radius 3 is 2.55 bits per heavy atom. The van der Waals surface area contributed by atoms with Crippen molar-refractivity contribution in [2.45, 2.75) is 19.8 Å². The van der Waals surface area contributed by atoms with Gasteiger partial charge in [0, 0.05) is 6.54 Å². The first-order valence-electron chi connectivity index (χ1n) is 4.02. The fourth-order valence-electron chi connectivity index (χ4n) is 0.712. The largest absolute Gasteiger partial charge is 0.388 e. The van der Waals surface area contributed by atoms with E-state index in [1.807, 2.05) is 6.92 Å². The molecule has 0 fully saturated rings. The van der Waals surface area contributed by atoms with Gasteiger partial charge in [-0.3, -0.25) is 0 Å². The van der Waals surface area contributed by atoms with Crippen LogP contribution in [0.15, 0.2) is 37.1 Å². The summed E-state index contributed by atoms with van der Waals surface area (Å²) in [6, 6.07) is 0. The SMILES string of the molecule is C=CNC/C=C/CC/C=C\C. The number of hydrogen-bond donors (Lipinski definition) is 1. The maximum absolute atomic E-state index is 3.55. The van der Waals surface area contributed by atoms with Gasteiger partial charge in [-0.05, 0) is 26.0 Å². The van der Waals surface area contributed by atoms with Crippen LogP contribution < -0.4 is 5.32 Å². The lowest BCUT2D eigenvalue weighted by atomic mass is 10.3. The molecule has 0 unspecified atom stereocenters. The Morgan fingerprint density at radius 2 is 1.91 bits per heavy atom. The van der Waals surface area contributed by atoms with Crippen molar-refractivity contribution < 1.29 is 0 Å². The van der Waals surface area contributed by atoms with Gasteiger partial charge in [0.2, 0.25) is 0 Å². The van der Waals surface area contributed by atoms with Crippen LogP contribution in [-0.2, 0) is 0 Å². The van der Waals surface area contributed by atoms with E-state index in [2.05, 4.69) is 36.2 Å². The Kier molecular flexibility index (Phi) is 8.22. The van der Waals surface area contributed by atoms with E-state index in [1.165, 1.54) is 0 Å². The summed E-state index contributed by atoms with van der Waals surface area (Å²) in [6.45, 7) is 6.48. The van der Waals surface area contributed by atoms with Crippen LogP contribution in [0.3, 0.4) is 0 Å². The second kappa shape index (κ2) is 9.02. The summed E-state index contributed by atoms with van der Waals surface area (Å²) in [5, 5.41) is 3.00. The van der Waals surface area contributed by atoms with E-state index in [4.69, 9.17) is 0 Å². The molecule has 0 amide bonds. The van der Waals surface area contributed by atoms with Crippen molar-refractivity contribution in [3.63, 3.8) is 0 Å². The second-order valence-electron chi connectivity index (χ2n) is 2.23. The van der Waals surface area contributed by atoms with E-state index in [-0.39, 0.29) is 0 Å². The predicted octanol–water partition coefficient (Wildman–Crippen LogP) is 2.63. The molecule has 0 radical (unpaired) electrons. The van der Waals surface area contributed by atoms with Crippen molar-refractivity contribution >= 4 is 0 Å². The van der Waals surface area contributed by atoms with Crippen LogP contribution in [0.1, 0.15) is 19.8 Å². The van der Waals surface area contributed by atoms with E-state index in [9.17, 15) is 0 Å². The van der Waals surface area contributed by atoms with Crippen molar-refractivity contribution in [1.29, 1.82) is 0 Å². The molecule has 0 saturated carbocycles. The number of unbranched alkanes of at least 4 members (excludes halogenated alkanes) is 1. The first-order chi connectivity index (χ1) is 5.41. The molecule has 0 aliphatic heterocycles. The van der Waals surface area contributed by atoms with Crippen LogP contribution in [0.5, 0.6) is 0 Å². The highest BCUT2D eigenvalue weighted by Crippen LogP contribution is 1.91. The zero-order valence-corrected chi connectivity index (χ0v) is 7.22. The molecule has 0 atom stereocenters. The molecule has 0 rings (SSSR count). The molecule has 1 nitrogen and oxygen atoms in total. The quantitative estimate of drug-likeness (QED) is 0.454. The molecule has 0 heterocycles. The van der Waals surface area contributed by atoms with Crippen molar-refractivity contribution in [3.05, 3.63) is 37.1 Å². The van der Waals surface area contributed by atoms with Gasteiger partial charge in [0.25, 0.3) is 0 Å². The van der Waals surface area contributed by atoms with Crippen molar-refractivity contribution in [2.75, 3.05) is 6.54 Å². The molecule has 1 heteroatoms. The monoisotopic (exact) mass is 151 g/mol. The van der Waals surface area contributed by atoms with Crippen LogP contribution >= 0.6 is 0 Å². The maximum atomic E-state index is 3.55. The third kappa shape index (κ3) is 9.02. The third-order valence-corrected chi connectivity index (χ3v) is 1.28. The minimum atomic E-state index is 0.888. The smallest absolute Gasteiger partial charge is 0.0325 e. The average molecular weight is 151 g/mol. The maximum Gasteiger partial charge on any atom is 0.0325 e. The summed E-state index contributed by atoms with van der Waals surface area (Å²) in [5.41, 5.74) is 0. The second-order valence-corrected chi connectivity index (χ2v) is 2.23. The lowest BCUT2D eigenvalue weighted by Gasteiger charge is -1.90. The lowest BCUT2D eigenvalue weighted by Crippen LogP contribution is -2.01. The molecule has 0 aromatic heterocycles. The predicted molar refractivity (Wildman–Crippen MR) is 51.4 cm³/mol. The summed E-state index contributed by atoms with van der Waals surface area (Å²) in [4.78, 5) is 0. The lowest BCUT2D eigenvalue weighted by molar-refractivity contribution is 0.970. The Bertz CT molecular complexity index is 134. The van der Waals surface area contributed by atoms with E-state index >= 15 is 0 Å². The number of rotatable bonds is 6. The summed E-state index contributed by atoms with van der Waals surface area (Å²) in [7, 11) is 0. The Morgan fingerprint density at radius 1 is 1.18 bits per heavy atom. The summed E-state index contributed by atoms with van der Waals surface area (Å²) < 4.78 is 0. The molecule has 0 aliphatic rings. The van der Waals surface area contributed by atoms with Gasteiger partial charge in [-0.2, -0.15) is 0 Å².